The summed E-state index contributed by atoms with van der Waals surface area (Å²) in [6, 6.07) is 3.45. The topological polar surface area (TPSA) is 106 Å². The van der Waals surface area contributed by atoms with Gasteiger partial charge in [0.15, 0.2) is 5.82 Å². The first-order valence-electron chi connectivity index (χ1n) is 10.9. The standard InChI is InChI=1S/C22H17ClF6N6O2/c23-13-2-1-9(16-4-11(22(27,28)29)17-18(30)31-8-32-35(16)17)3-10(13)19(36)33-15-7-34(6-14(15)24)20(37)12-5-21(12,25)26/h1-4,8,12,14-15H,5-7H2,(H,33,36)(H2,30,31,32)/t12?,14-,15+/m0/s1. The quantitative estimate of drug-likeness (QED) is 0.487. The molecule has 0 spiro atoms. The van der Waals surface area contributed by atoms with Gasteiger partial charge in [-0.2, -0.15) is 18.3 Å². The second kappa shape index (κ2) is 8.50. The molecule has 1 aliphatic carbocycles. The third kappa shape index (κ3) is 4.43. The van der Waals surface area contributed by atoms with Crippen molar-refractivity contribution in [3.63, 3.8) is 0 Å². The fourth-order valence-electron chi connectivity index (χ4n) is 4.38. The van der Waals surface area contributed by atoms with Crippen LogP contribution in [0.5, 0.6) is 0 Å². The number of halogens is 7. The van der Waals surface area contributed by atoms with Gasteiger partial charge in [-0.25, -0.2) is 22.7 Å². The second-order valence-corrected chi connectivity index (χ2v) is 9.31. The molecular weight excluding hydrogens is 530 g/mol. The molecule has 3 atom stereocenters. The number of aromatic nitrogens is 3. The highest BCUT2D eigenvalue weighted by molar-refractivity contribution is 6.34. The Kier molecular flexibility index (Phi) is 5.77. The molecule has 1 saturated heterocycles. The van der Waals surface area contributed by atoms with Gasteiger partial charge in [0.25, 0.3) is 11.8 Å². The molecule has 1 unspecified atom stereocenters. The zero-order valence-electron chi connectivity index (χ0n) is 18.6. The molecule has 3 heterocycles. The number of hydrogen-bond acceptors (Lipinski definition) is 5. The number of carbonyl (C=O) groups excluding carboxylic acids is 2. The number of nitrogens with one attached hydrogen (secondary N) is 1. The average molecular weight is 547 g/mol. The molecule has 2 aliphatic rings. The Balaban J connectivity index is 1.41. The van der Waals surface area contributed by atoms with Crippen LogP contribution in [0.3, 0.4) is 0 Å². The van der Waals surface area contributed by atoms with E-state index < -0.39 is 71.9 Å². The minimum Gasteiger partial charge on any atom is -0.382 e. The van der Waals surface area contributed by atoms with Gasteiger partial charge in [-0.05, 0) is 18.2 Å². The molecule has 5 rings (SSSR count). The highest BCUT2D eigenvalue weighted by Crippen LogP contribution is 2.50. The fraction of sp³-hybridized carbons (Fsp3) is 0.364. The molecule has 0 bridgehead atoms. The smallest absolute Gasteiger partial charge is 0.382 e. The maximum absolute atomic E-state index is 14.6. The lowest BCUT2D eigenvalue weighted by molar-refractivity contribution is -0.136. The van der Waals surface area contributed by atoms with Crippen LogP contribution in [0, 0.1) is 5.92 Å². The van der Waals surface area contributed by atoms with E-state index in [1.165, 1.54) is 18.2 Å². The Labute approximate surface area is 209 Å². The van der Waals surface area contributed by atoms with Crippen LogP contribution in [-0.4, -0.2) is 62.5 Å². The Hall–Kier alpha value is -3.55. The first-order valence-corrected chi connectivity index (χ1v) is 11.3. The van der Waals surface area contributed by atoms with Crippen molar-refractivity contribution < 1.29 is 35.9 Å². The van der Waals surface area contributed by atoms with E-state index in [0.717, 1.165) is 21.8 Å². The van der Waals surface area contributed by atoms with Crippen LogP contribution in [0.15, 0.2) is 30.6 Å². The summed E-state index contributed by atoms with van der Waals surface area (Å²) in [4.78, 5) is 29.7. The van der Waals surface area contributed by atoms with Crippen molar-refractivity contribution in [1.29, 1.82) is 0 Å². The number of fused-ring (bicyclic) bond motifs is 1. The van der Waals surface area contributed by atoms with Crippen LogP contribution < -0.4 is 11.1 Å². The molecule has 3 N–H and O–H groups in total. The van der Waals surface area contributed by atoms with E-state index in [1.807, 2.05) is 0 Å². The summed E-state index contributed by atoms with van der Waals surface area (Å²) >= 11 is 6.15. The lowest BCUT2D eigenvalue weighted by atomic mass is 10.1. The number of nitrogen functional groups attached to an aromatic ring is 1. The molecule has 2 fully saturated rings. The van der Waals surface area contributed by atoms with Crippen molar-refractivity contribution in [3.8, 4) is 11.3 Å². The summed E-state index contributed by atoms with van der Waals surface area (Å²) in [6.45, 7) is -0.772. The first-order chi connectivity index (χ1) is 17.3. The Morgan fingerprint density at radius 2 is 1.89 bits per heavy atom. The van der Waals surface area contributed by atoms with Crippen molar-refractivity contribution in [1.82, 2.24) is 24.8 Å². The number of likely N-dealkylation sites (tertiary alicyclic amines) is 1. The van der Waals surface area contributed by atoms with E-state index >= 15 is 0 Å². The average Bonchev–Trinajstić information content (AvgIpc) is 3.13. The van der Waals surface area contributed by atoms with Crippen LogP contribution in [0.1, 0.15) is 22.3 Å². The lowest BCUT2D eigenvalue weighted by Gasteiger charge is -2.17. The largest absolute Gasteiger partial charge is 0.418 e. The zero-order valence-corrected chi connectivity index (χ0v) is 19.3. The Bertz CT molecular complexity index is 1430. The Morgan fingerprint density at radius 1 is 1.19 bits per heavy atom. The third-order valence-electron chi connectivity index (χ3n) is 6.40. The minimum absolute atomic E-state index is 0.0616. The van der Waals surface area contributed by atoms with E-state index in [1.54, 1.807) is 0 Å². The minimum atomic E-state index is -4.78. The number of carbonyl (C=O) groups is 2. The van der Waals surface area contributed by atoms with Crippen LogP contribution in [0.25, 0.3) is 16.8 Å². The molecule has 196 valence electrons. The Morgan fingerprint density at radius 3 is 2.54 bits per heavy atom. The number of rotatable bonds is 4. The molecule has 37 heavy (non-hydrogen) atoms. The number of amides is 2. The van der Waals surface area contributed by atoms with Crippen LogP contribution >= 0.6 is 11.6 Å². The van der Waals surface area contributed by atoms with Gasteiger partial charge in [0.2, 0.25) is 5.91 Å². The summed E-state index contributed by atoms with van der Waals surface area (Å²) in [7, 11) is 0. The molecule has 1 aliphatic heterocycles. The van der Waals surface area contributed by atoms with Gasteiger partial charge in [-0.3, -0.25) is 9.59 Å². The van der Waals surface area contributed by atoms with Crippen LogP contribution in [0.4, 0.5) is 32.2 Å². The number of nitrogens with zero attached hydrogens (tertiary/aromatic N) is 4. The van der Waals surface area contributed by atoms with E-state index in [4.69, 9.17) is 17.3 Å². The zero-order chi connectivity index (χ0) is 26.9. The summed E-state index contributed by atoms with van der Waals surface area (Å²) < 4.78 is 82.8. The van der Waals surface area contributed by atoms with Gasteiger partial charge in [0.1, 0.15) is 23.9 Å². The van der Waals surface area contributed by atoms with E-state index in [-0.39, 0.29) is 28.4 Å². The van der Waals surface area contributed by atoms with E-state index in [2.05, 4.69) is 15.4 Å². The lowest BCUT2D eigenvalue weighted by Crippen LogP contribution is -2.42. The molecule has 15 heteroatoms. The highest BCUT2D eigenvalue weighted by atomic mass is 35.5. The molecule has 8 nitrogen and oxygen atoms in total. The van der Waals surface area contributed by atoms with Crippen LogP contribution in [-0.2, 0) is 11.0 Å². The molecule has 3 aromatic rings. The van der Waals surface area contributed by atoms with Crippen LogP contribution in [0.2, 0.25) is 5.02 Å². The molecular formula is C22H17ClF6N6O2. The molecule has 2 aromatic heterocycles. The number of benzene rings is 1. The predicted octanol–water partition coefficient (Wildman–Crippen LogP) is 3.58. The van der Waals surface area contributed by atoms with Gasteiger partial charge in [-0.15, -0.1) is 0 Å². The fourth-order valence-corrected chi connectivity index (χ4v) is 4.58. The monoisotopic (exact) mass is 546 g/mol. The third-order valence-corrected chi connectivity index (χ3v) is 6.73. The SMILES string of the molecule is Nc1ncnn2c(-c3ccc(Cl)c(C(=O)N[C@@H]4CN(C(=O)C5CC5(F)F)C[C@@H]4F)c3)cc(C(F)(F)F)c12. The maximum Gasteiger partial charge on any atom is 0.418 e. The summed E-state index contributed by atoms with van der Waals surface area (Å²) in [6.07, 6.45) is -6.12. The maximum atomic E-state index is 14.6. The number of hydrogen-bond donors (Lipinski definition) is 2. The predicted molar refractivity (Wildman–Crippen MR) is 119 cm³/mol. The van der Waals surface area contributed by atoms with Gasteiger partial charge in [0.05, 0.1) is 34.4 Å². The van der Waals surface area contributed by atoms with Crippen molar-refractivity contribution in [2.24, 2.45) is 5.92 Å². The number of nitrogens with two attached hydrogens (primary N) is 1. The van der Waals surface area contributed by atoms with Gasteiger partial charge < -0.3 is 16.0 Å². The first kappa shape index (κ1) is 25.1. The van der Waals surface area contributed by atoms with E-state index in [9.17, 15) is 35.9 Å². The summed E-state index contributed by atoms with van der Waals surface area (Å²) in [5, 5.41) is 6.16. The molecule has 1 saturated carbocycles. The van der Waals surface area contributed by atoms with Crippen molar-refractivity contribution in [2.45, 2.75) is 30.7 Å². The summed E-state index contributed by atoms with van der Waals surface area (Å²) in [5.74, 6) is -6.75. The van der Waals surface area contributed by atoms with Crippen molar-refractivity contribution in [3.05, 3.63) is 46.7 Å². The van der Waals surface area contributed by atoms with E-state index in [0.29, 0.717) is 0 Å². The number of anilines is 1. The molecule has 2 amide bonds. The highest BCUT2D eigenvalue weighted by Gasteiger charge is 2.63. The van der Waals surface area contributed by atoms with Gasteiger partial charge in [-0.1, -0.05) is 17.7 Å². The molecule has 1 aromatic carbocycles. The van der Waals surface area contributed by atoms with Crippen molar-refractivity contribution >= 4 is 34.7 Å². The van der Waals surface area contributed by atoms with Gasteiger partial charge in [0, 0.05) is 18.5 Å². The van der Waals surface area contributed by atoms with Gasteiger partial charge >= 0.3 is 6.18 Å². The number of alkyl halides is 6. The normalized spacial score (nSPS) is 22.9. The van der Waals surface area contributed by atoms with Crippen molar-refractivity contribution in [2.75, 3.05) is 18.8 Å². The summed E-state index contributed by atoms with van der Waals surface area (Å²) in [5.41, 5.74) is 3.98. The molecule has 0 radical (unpaired) electrons. The second-order valence-electron chi connectivity index (χ2n) is 8.90.